The Balaban J connectivity index is 1.52. The van der Waals surface area contributed by atoms with E-state index in [1.165, 1.54) is 19.2 Å². The molecule has 0 bridgehead atoms. The molecule has 4 N–H and O–H groups in total. The number of aliphatic carboxylic acids is 1. The number of hydrogen-bond donors (Lipinski definition) is 4. The zero-order chi connectivity index (χ0) is 29.1. The molecule has 2 aromatic carbocycles. The molecule has 10 heteroatoms. The lowest BCUT2D eigenvalue weighted by Gasteiger charge is -2.47. The van der Waals surface area contributed by atoms with Gasteiger partial charge < -0.3 is 25.8 Å². The van der Waals surface area contributed by atoms with E-state index in [9.17, 15) is 27.9 Å². The van der Waals surface area contributed by atoms with E-state index in [0.717, 1.165) is 44.2 Å². The molecule has 2 unspecified atom stereocenters. The predicted octanol–water partition coefficient (Wildman–Crippen LogP) is 6.37. The second kappa shape index (κ2) is 12.3. The molecule has 0 aromatic heterocycles. The molecule has 0 saturated heterocycles. The Morgan fingerprint density at radius 1 is 0.951 bits per heavy atom. The zero-order valence-corrected chi connectivity index (χ0v) is 23.2. The number of carboxylic acid groups (broad SMARTS) is 1. The molecule has 0 radical (unpaired) electrons. The average Bonchev–Trinajstić information content (AvgIpc) is 3.29. The third-order valence-electron chi connectivity index (χ3n) is 9.12. The van der Waals surface area contributed by atoms with E-state index in [-0.39, 0.29) is 30.2 Å². The largest absolute Gasteiger partial charge is 0.481 e. The van der Waals surface area contributed by atoms with Crippen molar-refractivity contribution in [3.05, 3.63) is 59.4 Å². The van der Waals surface area contributed by atoms with Crippen LogP contribution >= 0.6 is 0 Å². The number of hydrogen-bond acceptors (Lipinski definition) is 5. The number of rotatable bonds is 9. The summed E-state index contributed by atoms with van der Waals surface area (Å²) in [4.78, 5) is 25.6. The maximum atomic E-state index is 14.4. The first-order valence-corrected chi connectivity index (χ1v) is 14.6. The average molecular weight is 574 g/mol. The number of anilines is 2. The van der Waals surface area contributed by atoms with Crippen molar-refractivity contribution in [1.29, 1.82) is 0 Å². The van der Waals surface area contributed by atoms with Gasteiger partial charge in [-0.25, -0.2) is 13.2 Å². The molecule has 5 rings (SSSR count). The minimum atomic E-state index is -1.33. The van der Waals surface area contributed by atoms with Crippen molar-refractivity contribution in [3.8, 4) is 0 Å². The molecule has 1 amide bonds. The fourth-order valence-corrected chi connectivity index (χ4v) is 7.21. The van der Waals surface area contributed by atoms with Crippen LogP contribution in [-0.4, -0.2) is 35.8 Å². The van der Waals surface area contributed by atoms with Gasteiger partial charge in [0.2, 0.25) is 5.91 Å². The summed E-state index contributed by atoms with van der Waals surface area (Å²) >= 11 is 0. The topological polar surface area (TPSA) is 99.7 Å². The fraction of sp³-hybridized carbons (Fsp3) is 0.548. The number of methoxy groups -OCH3 is 1. The number of halogens is 3. The van der Waals surface area contributed by atoms with Gasteiger partial charge in [-0.05, 0) is 68.1 Å². The van der Waals surface area contributed by atoms with Crippen LogP contribution in [0.5, 0.6) is 0 Å². The van der Waals surface area contributed by atoms with E-state index in [4.69, 9.17) is 4.74 Å². The van der Waals surface area contributed by atoms with Gasteiger partial charge in [-0.2, -0.15) is 0 Å². The number of nitrogens with one attached hydrogen (secondary N) is 3. The first kappa shape index (κ1) is 29.2. The number of carbonyl (C=O) groups is 2. The molecule has 2 aromatic rings. The summed E-state index contributed by atoms with van der Waals surface area (Å²) in [5, 5.41) is 19.1. The quantitative estimate of drug-likeness (QED) is 0.278. The van der Waals surface area contributed by atoms with E-state index < -0.39 is 41.1 Å². The Morgan fingerprint density at radius 2 is 1.54 bits per heavy atom. The molecule has 3 aliphatic rings. The summed E-state index contributed by atoms with van der Waals surface area (Å²) in [6.45, 7) is 0. The molecule has 41 heavy (non-hydrogen) atoms. The van der Waals surface area contributed by atoms with Crippen molar-refractivity contribution < 1.29 is 32.6 Å². The molecule has 7 nitrogen and oxygen atoms in total. The summed E-state index contributed by atoms with van der Waals surface area (Å²) in [6, 6.07) is 7.88. The number of ether oxygens (including phenoxy) is 1. The van der Waals surface area contributed by atoms with Crippen LogP contribution in [0.15, 0.2) is 36.4 Å². The minimum Gasteiger partial charge on any atom is -0.481 e. The molecule has 1 heterocycles. The Labute approximate surface area is 238 Å². The Kier molecular flexibility index (Phi) is 8.77. The van der Waals surface area contributed by atoms with Gasteiger partial charge in [0.1, 0.15) is 11.9 Å². The van der Waals surface area contributed by atoms with E-state index in [1.54, 1.807) is 12.1 Å². The Morgan fingerprint density at radius 3 is 2.07 bits per heavy atom. The molecule has 222 valence electrons. The summed E-state index contributed by atoms with van der Waals surface area (Å²) in [5.74, 6) is -4.14. The van der Waals surface area contributed by atoms with Gasteiger partial charge in [0.15, 0.2) is 17.3 Å². The van der Waals surface area contributed by atoms with Gasteiger partial charge in [0.05, 0.1) is 17.3 Å². The third-order valence-corrected chi connectivity index (χ3v) is 9.12. The fourth-order valence-electron chi connectivity index (χ4n) is 7.21. The smallest absolute Gasteiger partial charge is 0.303 e. The third kappa shape index (κ3) is 6.17. The summed E-state index contributed by atoms with van der Waals surface area (Å²) in [6.07, 6.45) is 6.65. The van der Waals surface area contributed by atoms with Crippen LogP contribution in [0, 0.1) is 35.2 Å². The van der Waals surface area contributed by atoms with Crippen LogP contribution in [0.1, 0.15) is 75.9 Å². The van der Waals surface area contributed by atoms with E-state index in [0.29, 0.717) is 42.6 Å². The van der Waals surface area contributed by atoms with E-state index >= 15 is 0 Å². The highest BCUT2D eigenvalue weighted by Crippen LogP contribution is 2.50. The maximum Gasteiger partial charge on any atom is 0.303 e. The molecular weight excluding hydrogens is 535 g/mol. The van der Waals surface area contributed by atoms with Crippen LogP contribution in [0.3, 0.4) is 0 Å². The van der Waals surface area contributed by atoms with Crippen molar-refractivity contribution in [2.45, 2.75) is 82.0 Å². The van der Waals surface area contributed by atoms with E-state index in [1.807, 2.05) is 0 Å². The highest BCUT2D eigenvalue weighted by molar-refractivity contribution is 5.86. The minimum absolute atomic E-state index is 0.0609. The van der Waals surface area contributed by atoms with Gasteiger partial charge in [-0.15, -0.1) is 0 Å². The van der Waals surface area contributed by atoms with Gasteiger partial charge in [0.25, 0.3) is 0 Å². The van der Waals surface area contributed by atoms with Gasteiger partial charge >= 0.3 is 5.97 Å². The van der Waals surface area contributed by atoms with Crippen LogP contribution in [0.25, 0.3) is 0 Å². The Bertz CT molecular complexity index is 1210. The number of benzene rings is 2. The molecule has 0 spiro atoms. The summed E-state index contributed by atoms with van der Waals surface area (Å²) in [7, 11) is 1.50. The lowest BCUT2D eigenvalue weighted by atomic mass is 9.70. The first-order valence-electron chi connectivity index (χ1n) is 14.6. The van der Waals surface area contributed by atoms with E-state index in [2.05, 4.69) is 16.0 Å². The zero-order valence-electron chi connectivity index (χ0n) is 23.2. The lowest BCUT2D eigenvalue weighted by Crippen LogP contribution is -2.62. The maximum absolute atomic E-state index is 14.4. The lowest BCUT2D eigenvalue weighted by molar-refractivity contribution is -0.138. The van der Waals surface area contributed by atoms with Crippen molar-refractivity contribution in [2.75, 3.05) is 17.7 Å². The van der Waals surface area contributed by atoms with Crippen molar-refractivity contribution in [2.24, 2.45) is 17.8 Å². The summed E-state index contributed by atoms with van der Waals surface area (Å²) < 4.78 is 48.7. The number of amides is 1. The SMILES string of the molecule is COC(c1ccc(F)cc1)C1(C(C(=O)NC2CCC(CC(=O)O)CC2)C2CCCCC2)Nc2cc(F)c(F)cc2N1. The molecule has 2 fully saturated rings. The monoisotopic (exact) mass is 573 g/mol. The normalized spacial score (nSPS) is 23.5. The molecule has 2 saturated carbocycles. The number of carboxylic acids is 1. The molecule has 1 aliphatic heterocycles. The van der Waals surface area contributed by atoms with Gasteiger partial charge in [-0.3, -0.25) is 9.59 Å². The molecular formula is C31H38F3N3O4. The number of carbonyl (C=O) groups excluding carboxylic acids is 1. The standard InChI is InChI=1S/C31H38F3N3O4/c1-41-29(20-9-11-21(32)12-10-20)31(36-25-16-23(33)24(34)17-26(25)37-31)28(19-5-3-2-4-6-19)30(40)35-22-13-7-18(8-14-22)15-27(38)39/h9-12,16-19,22,28-29,36-37H,2-8,13-15H2,1H3,(H,35,40)(H,38,39). The first-order chi connectivity index (χ1) is 19.7. The Hall–Kier alpha value is -3.27. The van der Waals surface area contributed by atoms with Crippen LogP contribution < -0.4 is 16.0 Å². The van der Waals surface area contributed by atoms with Crippen LogP contribution in [0.2, 0.25) is 0 Å². The molecule has 2 atom stereocenters. The van der Waals surface area contributed by atoms with Crippen LogP contribution in [0.4, 0.5) is 24.5 Å². The van der Waals surface area contributed by atoms with Crippen molar-refractivity contribution in [1.82, 2.24) is 5.32 Å². The summed E-state index contributed by atoms with van der Waals surface area (Å²) in [5.41, 5.74) is -0.0981. The van der Waals surface area contributed by atoms with Gasteiger partial charge in [0, 0.05) is 31.7 Å². The van der Waals surface area contributed by atoms with Crippen molar-refractivity contribution >= 4 is 23.3 Å². The second-order valence-electron chi connectivity index (χ2n) is 11.8. The van der Waals surface area contributed by atoms with Crippen molar-refractivity contribution in [3.63, 3.8) is 0 Å². The predicted molar refractivity (Wildman–Crippen MR) is 149 cm³/mol. The highest BCUT2D eigenvalue weighted by atomic mass is 19.2. The van der Waals surface area contributed by atoms with Gasteiger partial charge in [-0.1, -0.05) is 31.4 Å². The second-order valence-corrected chi connectivity index (χ2v) is 11.8. The molecule has 2 aliphatic carbocycles. The van der Waals surface area contributed by atoms with Crippen LogP contribution in [-0.2, 0) is 14.3 Å². The number of fused-ring (bicyclic) bond motifs is 1. The highest BCUT2D eigenvalue weighted by Gasteiger charge is 2.56.